The van der Waals surface area contributed by atoms with E-state index in [9.17, 15) is 4.79 Å². The van der Waals surface area contributed by atoms with Crippen molar-refractivity contribution in [3.63, 3.8) is 0 Å². The lowest BCUT2D eigenvalue weighted by molar-refractivity contribution is -0.119. The Morgan fingerprint density at radius 3 is 2.67 bits per heavy atom. The number of benzene rings is 2. The van der Waals surface area contributed by atoms with Gasteiger partial charge < -0.3 is 10.1 Å². The monoisotopic (exact) mass is 442 g/mol. The second-order valence-electron chi connectivity index (χ2n) is 7.30. The van der Waals surface area contributed by atoms with Crippen LogP contribution in [0.3, 0.4) is 0 Å². The first kappa shape index (κ1) is 20.8. The molecule has 1 saturated carbocycles. The molecule has 2 aromatic carbocycles. The first-order valence-corrected chi connectivity index (χ1v) is 11.2. The summed E-state index contributed by atoms with van der Waals surface area (Å²) in [5.74, 6) is 2.24. The fourth-order valence-corrected chi connectivity index (χ4v) is 4.22. The van der Waals surface area contributed by atoms with Crippen LogP contribution < -0.4 is 10.1 Å². The number of rotatable bonds is 8. The number of carbonyl (C=O) groups excluding carboxylic acids is 1. The maximum absolute atomic E-state index is 12.4. The molecule has 1 N–H and O–H groups in total. The van der Waals surface area contributed by atoms with Crippen LogP contribution in [-0.2, 0) is 4.79 Å². The van der Waals surface area contributed by atoms with Crippen LogP contribution in [0.2, 0.25) is 5.02 Å². The second kappa shape index (κ2) is 9.10. The Labute approximate surface area is 185 Å². The summed E-state index contributed by atoms with van der Waals surface area (Å²) in [4.78, 5) is 12.4. The predicted molar refractivity (Wildman–Crippen MR) is 119 cm³/mol. The van der Waals surface area contributed by atoms with Gasteiger partial charge in [-0.2, -0.15) is 0 Å². The van der Waals surface area contributed by atoms with Crippen LogP contribution in [0.25, 0.3) is 17.1 Å². The van der Waals surface area contributed by atoms with Gasteiger partial charge in [-0.3, -0.25) is 9.36 Å². The molecule has 1 amide bonds. The molecule has 3 aromatic rings. The summed E-state index contributed by atoms with van der Waals surface area (Å²) in [7, 11) is 1.63. The zero-order valence-electron chi connectivity index (χ0n) is 16.8. The second-order valence-corrected chi connectivity index (χ2v) is 8.68. The molecule has 6 nitrogen and oxygen atoms in total. The van der Waals surface area contributed by atoms with Gasteiger partial charge in [-0.15, -0.1) is 10.2 Å². The van der Waals surface area contributed by atoms with E-state index in [2.05, 4.69) is 22.4 Å². The minimum Gasteiger partial charge on any atom is -0.496 e. The van der Waals surface area contributed by atoms with E-state index in [-0.39, 0.29) is 17.7 Å². The van der Waals surface area contributed by atoms with Crippen molar-refractivity contribution < 1.29 is 9.53 Å². The number of nitrogens with one attached hydrogen (secondary N) is 1. The average Bonchev–Trinajstić information content (AvgIpc) is 3.53. The minimum absolute atomic E-state index is 0.00361. The van der Waals surface area contributed by atoms with Crippen molar-refractivity contribution >= 4 is 29.3 Å². The topological polar surface area (TPSA) is 69.0 Å². The van der Waals surface area contributed by atoms with E-state index in [4.69, 9.17) is 16.3 Å². The molecule has 4 rings (SSSR count). The highest BCUT2D eigenvalue weighted by Gasteiger charge is 2.29. The SMILES string of the molecule is COc1ccccc1-c1nnc(SCC(=O)NC(C)C2CC2)n1-c1ccc(Cl)cc1. The molecule has 0 radical (unpaired) electrons. The normalized spacial score (nSPS) is 14.4. The molecule has 0 bridgehead atoms. The zero-order valence-corrected chi connectivity index (χ0v) is 18.4. The fraction of sp³-hybridized carbons (Fsp3) is 0.318. The highest BCUT2D eigenvalue weighted by atomic mass is 35.5. The summed E-state index contributed by atoms with van der Waals surface area (Å²) in [5.41, 5.74) is 1.68. The number of hydrogen-bond donors (Lipinski definition) is 1. The number of methoxy groups -OCH3 is 1. The zero-order chi connectivity index (χ0) is 21.1. The average molecular weight is 443 g/mol. The lowest BCUT2D eigenvalue weighted by Gasteiger charge is -2.14. The Morgan fingerprint density at radius 2 is 1.97 bits per heavy atom. The van der Waals surface area contributed by atoms with Gasteiger partial charge in [-0.1, -0.05) is 35.5 Å². The maximum atomic E-state index is 12.4. The predicted octanol–water partition coefficient (Wildman–Crippen LogP) is 4.60. The Morgan fingerprint density at radius 1 is 1.23 bits per heavy atom. The van der Waals surface area contributed by atoms with Crippen LogP contribution >= 0.6 is 23.4 Å². The summed E-state index contributed by atoms with van der Waals surface area (Å²) >= 11 is 7.44. The van der Waals surface area contributed by atoms with Crippen molar-refractivity contribution in [2.24, 2.45) is 5.92 Å². The summed E-state index contributed by atoms with van der Waals surface area (Å²) in [5, 5.41) is 13.2. The molecule has 30 heavy (non-hydrogen) atoms. The summed E-state index contributed by atoms with van der Waals surface area (Å²) in [6.07, 6.45) is 2.39. The van der Waals surface area contributed by atoms with Crippen molar-refractivity contribution in [2.45, 2.75) is 31.0 Å². The van der Waals surface area contributed by atoms with Gasteiger partial charge in [0.15, 0.2) is 11.0 Å². The number of thioether (sulfide) groups is 1. The van der Waals surface area contributed by atoms with Gasteiger partial charge in [-0.05, 0) is 62.1 Å². The molecule has 156 valence electrons. The van der Waals surface area contributed by atoms with Crippen LogP contribution in [0.4, 0.5) is 0 Å². The molecular formula is C22H23ClN4O2S. The third kappa shape index (κ3) is 4.63. The fourth-order valence-electron chi connectivity index (χ4n) is 3.33. The number of halogens is 1. The number of aromatic nitrogens is 3. The molecule has 1 aliphatic carbocycles. The van der Waals surface area contributed by atoms with E-state index in [1.54, 1.807) is 7.11 Å². The van der Waals surface area contributed by atoms with Gasteiger partial charge in [0.2, 0.25) is 5.91 Å². The van der Waals surface area contributed by atoms with Crippen LogP contribution in [0, 0.1) is 5.92 Å². The number of para-hydroxylation sites is 1. The highest BCUT2D eigenvalue weighted by Crippen LogP contribution is 2.34. The molecular weight excluding hydrogens is 420 g/mol. The Bertz CT molecular complexity index is 1030. The van der Waals surface area contributed by atoms with Gasteiger partial charge in [0.1, 0.15) is 5.75 Å². The van der Waals surface area contributed by atoms with Crippen LogP contribution in [0.1, 0.15) is 19.8 Å². The van der Waals surface area contributed by atoms with Crippen molar-refractivity contribution in [1.82, 2.24) is 20.1 Å². The van der Waals surface area contributed by atoms with Gasteiger partial charge in [0.25, 0.3) is 0 Å². The Hall–Kier alpha value is -2.51. The number of carbonyl (C=O) groups is 1. The molecule has 1 fully saturated rings. The number of ether oxygens (including phenoxy) is 1. The van der Waals surface area contributed by atoms with Crippen molar-refractivity contribution in [2.75, 3.05) is 12.9 Å². The van der Waals surface area contributed by atoms with Crippen LogP contribution in [-0.4, -0.2) is 39.6 Å². The number of hydrogen-bond acceptors (Lipinski definition) is 5. The third-order valence-electron chi connectivity index (χ3n) is 5.12. The van der Waals surface area contributed by atoms with Crippen molar-refractivity contribution in [3.05, 3.63) is 53.6 Å². The van der Waals surface area contributed by atoms with Gasteiger partial charge >= 0.3 is 0 Å². The Kier molecular flexibility index (Phi) is 6.29. The van der Waals surface area contributed by atoms with Gasteiger partial charge in [0.05, 0.1) is 18.4 Å². The summed E-state index contributed by atoms with van der Waals surface area (Å²) in [6, 6.07) is 15.3. The molecule has 0 saturated heterocycles. The van der Waals surface area contributed by atoms with Crippen LogP contribution in [0.5, 0.6) is 5.75 Å². The lowest BCUT2D eigenvalue weighted by Crippen LogP contribution is -2.35. The van der Waals surface area contributed by atoms with E-state index in [0.717, 1.165) is 11.3 Å². The maximum Gasteiger partial charge on any atom is 0.230 e. The van der Waals surface area contributed by atoms with Gasteiger partial charge in [0, 0.05) is 16.8 Å². The number of amides is 1. The molecule has 1 aliphatic rings. The molecule has 0 aliphatic heterocycles. The lowest BCUT2D eigenvalue weighted by atomic mass is 10.2. The number of nitrogens with zero attached hydrogens (tertiary/aromatic N) is 3. The quantitative estimate of drug-likeness (QED) is 0.516. The first-order chi connectivity index (χ1) is 14.6. The van der Waals surface area contributed by atoms with E-state index in [0.29, 0.717) is 27.7 Å². The molecule has 1 atom stereocenters. The van der Waals surface area contributed by atoms with E-state index in [1.165, 1.54) is 24.6 Å². The highest BCUT2D eigenvalue weighted by molar-refractivity contribution is 7.99. The summed E-state index contributed by atoms with van der Waals surface area (Å²) in [6.45, 7) is 2.07. The molecule has 0 spiro atoms. The van der Waals surface area contributed by atoms with E-state index in [1.807, 2.05) is 53.1 Å². The molecule has 1 unspecified atom stereocenters. The van der Waals surface area contributed by atoms with Crippen molar-refractivity contribution in [3.8, 4) is 22.8 Å². The van der Waals surface area contributed by atoms with Gasteiger partial charge in [-0.25, -0.2) is 0 Å². The molecule has 1 heterocycles. The van der Waals surface area contributed by atoms with Crippen LogP contribution in [0.15, 0.2) is 53.7 Å². The molecule has 8 heteroatoms. The standard InChI is InChI=1S/C22H23ClN4O2S/c1-14(15-7-8-15)24-20(28)13-30-22-26-25-21(18-5-3-4-6-19(18)29-2)27(22)17-11-9-16(23)10-12-17/h3-6,9-12,14-15H,7-8,13H2,1-2H3,(H,24,28). The Balaban J connectivity index is 1.64. The minimum atomic E-state index is 0.00361. The van der Waals surface area contributed by atoms with Crippen molar-refractivity contribution in [1.29, 1.82) is 0 Å². The third-order valence-corrected chi connectivity index (χ3v) is 6.30. The summed E-state index contributed by atoms with van der Waals surface area (Å²) < 4.78 is 7.44. The molecule has 1 aromatic heterocycles. The van der Waals surface area contributed by atoms with E-state index >= 15 is 0 Å². The first-order valence-electron chi connectivity index (χ1n) is 9.83. The van der Waals surface area contributed by atoms with E-state index < -0.39 is 0 Å². The smallest absolute Gasteiger partial charge is 0.230 e. The largest absolute Gasteiger partial charge is 0.496 e.